The van der Waals surface area contributed by atoms with Gasteiger partial charge in [0.2, 0.25) is 0 Å². The molecule has 2 aromatic rings. The Morgan fingerprint density at radius 3 is 2.60 bits per heavy atom. The lowest BCUT2D eigenvalue weighted by molar-refractivity contribution is 0.438. The average molecular weight is 283 g/mol. The summed E-state index contributed by atoms with van der Waals surface area (Å²) in [6, 6.07) is 16.5. The lowest BCUT2D eigenvalue weighted by Gasteiger charge is -2.23. The first-order valence-electron chi connectivity index (χ1n) is 6.74. The molecule has 0 radical (unpaired) electrons. The summed E-state index contributed by atoms with van der Waals surface area (Å²) in [5.74, 6) is 1.49. The Morgan fingerprint density at radius 1 is 1.15 bits per heavy atom. The molecule has 0 aromatic heterocycles. The first-order chi connectivity index (χ1) is 9.70. The molecule has 2 nitrogen and oxygen atoms in total. The third-order valence-electron chi connectivity index (χ3n) is 3.49. The highest BCUT2D eigenvalue weighted by atomic mass is 32.1. The van der Waals surface area contributed by atoms with Crippen LogP contribution in [0.15, 0.2) is 61.0 Å². The Balaban J connectivity index is 2.05. The van der Waals surface area contributed by atoms with E-state index in [9.17, 15) is 0 Å². The van der Waals surface area contributed by atoms with E-state index >= 15 is 0 Å². The smallest absolute Gasteiger partial charge is 0.194 e. The Labute approximate surface area is 125 Å². The van der Waals surface area contributed by atoms with Crippen LogP contribution < -0.4 is 9.64 Å². The molecule has 1 atom stereocenters. The molecule has 0 spiro atoms. The van der Waals surface area contributed by atoms with Gasteiger partial charge in [-0.15, -0.1) is 0 Å². The maximum Gasteiger partial charge on any atom is 0.194 e. The molecule has 0 saturated carbocycles. The fourth-order valence-corrected chi connectivity index (χ4v) is 2.68. The molecule has 0 N–H and O–H groups in total. The van der Waals surface area contributed by atoms with E-state index in [1.807, 2.05) is 29.2 Å². The van der Waals surface area contributed by atoms with Gasteiger partial charge in [-0.05, 0) is 36.3 Å². The van der Waals surface area contributed by atoms with Crippen LogP contribution in [0, 0.1) is 0 Å². The van der Waals surface area contributed by atoms with E-state index in [1.165, 1.54) is 11.1 Å². The van der Waals surface area contributed by atoms with Crippen molar-refractivity contribution in [3.8, 4) is 16.9 Å². The van der Waals surface area contributed by atoms with E-state index in [-0.39, 0.29) is 5.37 Å². The van der Waals surface area contributed by atoms with Crippen molar-refractivity contribution in [3.63, 3.8) is 0 Å². The Bertz CT molecular complexity index is 639. The van der Waals surface area contributed by atoms with Crippen LogP contribution in [0.25, 0.3) is 11.1 Å². The van der Waals surface area contributed by atoms with Gasteiger partial charge in [0.05, 0.1) is 11.1 Å². The molecule has 3 rings (SSSR count). The SMILES string of the molecule is C=C1Oc2ccc(-c3ccccc3)cc2N1C(S)CC. The highest BCUT2D eigenvalue weighted by molar-refractivity contribution is 7.81. The first-order valence-corrected chi connectivity index (χ1v) is 7.26. The van der Waals surface area contributed by atoms with Crippen LogP contribution in [0.4, 0.5) is 5.69 Å². The van der Waals surface area contributed by atoms with Gasteiger partial charge in [0.1, 0.15) is 0 Å². The molecule has 1 unspecified atom stereocenters. The van der Waals surface area contributed by atoms with E-state index in [0.717, 1.165) is 17.9 Å². The topological polar surface area (TPSA) is 12.5 Å². The summed E-state index contributed by atoms with van der Waals surface area (Å²) in [4.78, 5) is 2.05. The lowest BCUT2D eigenvalue weighted by Crippen LogP contribution is -2.27. The van der Waals surface area contributed by atoms with Gasteiger partial charge in [0, 0.05) is 0 Å². The third kappa shape index (κ3) is 2.18. The van der Waals surface area contributed by atoms with E-state index in [4.69, 9.17) is 4.74 Å². The number of benzene rings is 2. The minimum absolute atomic E-state index is 0.0785. The van der Waals surface area contributed by atoms with Gasteiger partial charge in [-0.3, -0.25) is 4.90 Å². The van der Waals surface area contributed by atoms with Crippen molar-refractivity contribution >= 4 is 18.3 Å². The van der Waals surface area contributed by atoms with Gasteiger partial charge in [-0.1, -0.05) is 43.3 Å². The maximum absolute atomic E-state index is 5.72. The summed E-state index contributed by atoms with van der Waals surface area (Å²) >= 11 is 4.62. The van der Waals surface area contributed by atoms with Gasteiger partial charge in [-0.25, -0.2) is 0 Å². The van der Waals surface area contributed by atoms with E-state index < -0.39 is 0 Å². The second kappa shape index (κ2) is 5.25. The fourth-order valence-electron chi connectivity index (χ4n) is 2.42. The summed E-state index contributed by atoms with van der Waals surface area (Å²) < 4.78 is 5.72. The molecule has 2 aromatic carbocycles. The third-order valence-corrected chi connectivity index (χ3v) is 4.08. The summed E-state index contributed by atoms with van der Waals surface area (Å²) in [7, 11) is 0. The number of fused-ring (bicyclic) bond motifs is 1. The second-order valence-corrected chi connectivity index (χ2v) is 5.40. The predicted octanol–water partition coefficient (Wildman–Crippen LogP) is 4.69. The van der Waals surface area contributed by atoms with Crippen LogP contribution in [0.1, 0.15) is 13.3 Å². The Kier molecular flexibility index (Phi) is 3.45. The average Bonchev–Trinajstić information content (AvgIpc) is 2.82. The normalized spacial score (nSPS) is 14.9. The van der Waals surface area contributed by atoms with Gasteiger partial charge in [0.25, 0.3) is 0 Å². The van der Waals surface area contributed by atoms with Crippen LogP contribution in [0.3, 0.4) is 0 Å². The molecular formula is C17H17NOS. The molecule has 3 heteroatoms. The monoisotopic (exact) mass is 283 g/mol. The van der Waals surface area contributed by atoms with Crippen molar-refractivity contribution in [2.45, 2.75) is 18.7 Å². The first kappa shape index (κ1) is 13.1. The molecule has 1 heterocycles. The zero-order chi connectivity index (χ0) is 14.1. The fraction of sp³-hybridized carbons (Fsp3) is 0.176. The summed E-state index contributed by atoms with van der Waals surface area (Å²) in [5.41, 5.74) is 3.41. The van der Waals surface area contributed by atoms with E-state index in [1.54, 1.807) is 0 Å². The minimum Gasteiger partial charge on any atom is -0.439 e. The number of ether oxygens (including phenoxy) is 1. The largest absolute Gasteiger partial charge is 0.439 e. The molecule has 102 valence electrons. The van der Waals surface area contributed by atoms with Crippen LogP contribution in [-0.2, 0) is 0 Å². The van der Waals surface area contributed by atoms with Crippen molar-refractivity contribution in [3.05, 3.63) is 61.0 Å². The van der Waals surface area contributed by atoms with E-state index in [0.29, 0.717) is 5.88 Å². The van der Waals surface area contributed by atoms with E-state index in [2.05, 4.69) is 50.4 Å². The number of rotatable bonds is 3. The highest BCUT2D eigenvalue weighted by Crippen LogP contribution is 2.43. The number of nitrogens with zero attached hydrogens (tertiary/aromatic N) is 1. The highest BCUT2D eigenvalue weighted by Gasteiger charge is 2.28. The number of hydrogen-bond donors (Lipinski definition) is 1. The molecule has 1 aliphatic rings. The molecule has 0 fully saturated rings. The van der Waals surface area contributed by atoms with Gasteiger partial charge >= 0.3 is 0 Å². The zero-order valence-corrected chi connectivity index (χ0v) is 12.3. The maximum atomic E-state index is 5.72. The van der Waals surface area contributed by atoms with Gasteiger partial charge in [0.15, 0.2) is 11.6 Å². The Hall–Kier alpha value is -1.87. The zero-order valence-electron chi connectivity index (χ0n) is 11.4. The Morgan fingerprint density at radius 2 is 1.90 bits per heavy atom. The summed E-state index contributed by atoms with van der Waals surface area (Å²) in [5, 5.41) is 0.0785. The van der Waals surface area contributed by atoms with Gasteiger partial charge < -0.3 is 4.74 Å². The van der Waals surface area contributed by atoms with Crippen molar-refractivity contribution in [2.24, 2.45) is 0 Å². The molecule has 20 heavy (non-hydrogen) atoms. The molecule has 0 amide bonds. The lowest BCUT2D eigenvalue weighted by atomic mass is 10.0. The van der Waals surface area contributed by atoms with Crippen molar-refractivity contribution in [1.82, 2.24) is 0 Å². The van der Waals surface area contributed by atoms with Crippen molar-refractivity contribution < 1.29 is 4.74 Å². The number of anilines is 1. The molecule has 0 saturated heterocycles. The predicted molar refractivity (Wildman–Crippen MR) is 87.2 cm³/mol. The summed E-state index contributed by atoms with van der Waals surface area (Å²) in [6.07, 6.45) is 0.917. The number of thiol groups is 1. The molecular weight excluding hydrogens is 266 g/mol. The molecule has 0 bridgehead atoms. The molecule has 0 aliphatic carbocycles. The van der Waals surface area contributed by atoms with Crippen LogP contribution in [0.5, 0.6) is 5.75 Å². The standard InChI is InChI=1S/C17H17NOS/c1-3-17(20)18-12(2)19-16-10-9-14(11-15(16)18)13-7-5-4-6-8-13/h4-11,17,20H,2-3H2,1H3. The number of hydrogen-bond acceptors (Lipinski definition) is 3. The van der Waals surface area contributed by atoms with Crippen molar-refractivity contribution in [2.75, 3.05) is 4.90 Å². The summed E-state index contributed by atoms with van der Waals surface area (Å²) in [6.45, 7) is 6.08. The van der Waals surface area contributed by atoms with Crippen LogP contribution >= 0.6 is 12.6 Å². The quantitative estimate of drug-likeness (QED) is 0.820. The second-order valence-electron chi connectivity index (χ2n) is 4.80. The van der Waals surface area contributed by atoms with Crippen LogP contribution in [-0.4, -0.2) is 5.37 Å². The molecule has 1 aliphatic heterocycles. The van der Waals surface area contributed by atoms with Crippen molar-refractivity contribution in [1.29, 1.82) is 0 Å². The minimum atomic E-state index is 0.0785. The van der Waals surface area contributed by atoms with Crippen LogP contribution in [0.2, 0.25) is 0 Å². The van der Waals surface area contributed by atoms with Gasteiger partial charge in [-0.2, -0.15) is 12.6 Å².